The van der Waals surface area contributed by atoms with Crippen LogP contribution in [-0.4, -0.2) is 39.3 Å². The smallest absolute Gasteiger partial charge is 0.345 e. The summed E-state index contributed by atoms with van der Waals surface area (Å²) in [6.45, 7) is 4.51. The second-order valence-electron chi connectivity index (χ2n) is 10.6. The maximum atomic E-state index is 13.9. The van der Waals surface area contributed by atoms with Gasteiger partial charge in [-0.1, -0.05) is 84.9 Å². The lowest BCUT2D eigenvalue weighted by Crippen LogP contribution is -2.42. The molecule has 0 saturated carbocycles. The summed E-state index contributed by atoms with van der Waals surface area (Å²) < 4.78 is 41.8. The molecule has 0 atom stereocenters. The van der Waals surface area contributed by atoms with Gasteiger partial charge >= 0.3 is 6.18 Å². The summed E-state index contributed by atoms with van der Waals surface area (Å²) in [6.07, 6.45) is -1.05. The molecule has 1 aromatic heterocycles. The number of aromatic nitrogens is 1. The maximum absolute atomic E-state index is 13.9. The number of amides is 2. The highest BCUT2D eigenvalue weighted by atomic mass is 19.4. The number of halogens is 3. The zero-order chi connectivity index (χ0) is 31.1. The molecule has 0 N–H and O–H groups in total. The highest BCUT2D eigenvalue weighted by Crippen LogP contribution is 2.30. The summed E-state index contributed by atoms with van der Waals surface area (Å²) in [4.78, 5) is 30.9. The molecule has 0 bridgehead atoms. The fourth-order valence-corrected chi connectivity index (χ4v) is 5.24. The van der Waals surface area contributed by atoms with Crippen molar-refractivity contribution in [1.29, 1.82) is 0 Å². The number of fused-ring (bicyclic) bond motifs is 1. The summed E-state index contributed by atoms with van der Waals surface area (Å²) in [5.41, 5.74) is 1.95. The highest BCUT2D eigenvalue weighted by molar-refractivity contribution is 6.07. The Hall–Kier alpha value is -5.11. The molecule has 0 fully saturated rings. The van der Waals surface area contributed by atoms with E-state index in [1.807, 2.05) is 83.4 Å². The van der Waals surface area contributed by atoms with E-state index in [9.17, 15) is 22.8 Å². The minimum Gasteiger partial charge on any atom is -0.345 e. The Kier molecular flexibility index (Phi) is 9.29. The lowest BCUT2D eigenvalue weighted by atomic mass is 10.0. The first-order valence-corrected chi connectivity index (χ1v) is 14.2. The van der Waals surface area contributed by atoms with E-state index in [4.69, 9.17) is 0 Å². The third kappa shape index (κ3) is 7.26. The van der Waals surface area contributed by atoms with Crippen molar-refractivity contribution < 1.29 is 22.8 Å². The molecule has 224 valence electrons. The molecule has 8 heteroatoms. The molecule has 0 aliphatic rings. The Morgan fingerprint density at radius 2 is 1.48 bits per heavy atom. The van der Waals surface area contributed by atoms with Crippen molar-refractivity contribution in [2.45, 2.75) is 25.8 Å². The van der Waals surface area contributed by atoms with Crippen LogP contribution in [0.1, 0.15) is 32.7 Å². The van der Waals surface area contributed by atoms with Crippen LogP contribution in [0.5, 0.6) is 0 Å². The zero-order valence-corrected chi connectivity index (χ0v) is 24.1. The standard InChI is InChI=1S/C36H32F3N3O2/c1-2-20-41(35(44)33-19-9-15-29-14-6-7-18-32(29)33)26-34(43)42(23-27-11-4-3-5-12-27)25-31-17-10-21-40(31)24-28-13-8-16-30(22-28)36(37,38)39/h2-19,21-22H,1,20,23-26H2. The topological polar surface area (TPSA) is 45.6 Å². The van der Waals surface area contributed by atoms with E-state index in [1.54, 1.807) is 29.3 Å². The molecular weight excluding hydrogens is 563 g/mol. The predicted molar refractivity (Wildman–Crippen MR) is 166 cm³/mol. The van der Waals surface area contributed by atoms with Gasteiger partial charge in [0.05, 0.1) is 12.1 Å². The number of hydrogen-bond donors (Lipinski definition) is 0. The van der Waals surface area contributed by atoms with Crippen LogP contribution in [0.3, 0.4) is 0 Å². The molecule has 44 heavy (non-hydrogen) atoms. The molecule has 0 radical (unpaired) electrons. The van der Waals surface area contributed by atoms with Crippen molar-refractivity contribution >= 4 is 22.6 Å². The van der Waals surface area contributed by atoms with Gasteiger partial charge in [0.25, 0.3) is 5.91 Å². The van der Waals surface area contributed by atoms with Gasteiger partial charge in [0.1, 0.15) is 6.54 Å². The quantitative estimate of drug-likeness (QED) is 0.148. The first-order chi connectivity index (χ1) is 21.2. The van der Waals surface area contributed by atoms with Crippen molar-refractivity contribution in [2.24, 2.45) is 0 Å². The molecule has 5 nitrogen and oxygen atoms in total. The fourth-order valence-electron chi connectivity index (χ4n) is 5.24. The fraction of sp³-hybridized carbons (Fsp3) is 0.167. The van der Waals surface area contributed by atoms with E-state index in [1.165, 1.54) is 11.0 Å². The number of rotatable bonds is 11. The van der Waals surface area contributed by atoms with Gasteiger partial charge in [0.2, 0.25) is 5.91 Å². The van der Waals surface area contributed by atoms with Gasteiger partial charge in [-0.25, -0.2) is 0 Å². The van der Waals surface area contributed by atoms with Crippen LogP contribution in [0.15, 0.2) is 128 Å². The average Bonchev–Trinajstić information content (AvgIpc) is 3.46. The molecule has 5 aromatic rings. The van der Waals surface area contributed by atoms with Crippen LogP contribution in [0, 0.1) is 0 Å². The Morgan fingerprint density at radius 1 is 0.773 bits per heavy atom. The zero-order valence-electron chi connectivity index (χ0n) is 24.1. The van der Waals surface area contributed by atoms with Crippen molar-refractivity contribution in [3.8, 4) is 0 Å². The molecule has 0 spiro atoms. The Labute approximate surface area is 254 Å². The van der Waals surface area contributed by atoms with E-state index in [0.29, 0.717) is 17.7 Å². The number of carbonyl (C=O) groups excluding carboxylic acids is 2. The van der Waals surface area contributed by atoms with Crippen molar-refractivity contribution in [3.05, 3.63) is 156 Å². The number of alkyl halides is 3. The van der Waals surface area contributed by atoms with Gasteiger partial charge in [-0.05, 0) is 52.2 Å². The lowest BCUT2D eigenvalue weighted by molar-refractivity contribution is -0.137. The van der Waals surface area contributed by atoms with Crippen molar-refractivity contribution in [1.82, 2.24) is 14.4 Å². The summed E-state index contributed by atoms with van der Waals surface area (Å²) in [7, 11) is 0. The minimum absolute atomic E-state index is 0.171. The van der Waals surface area contributed by atoms with Crippen LogP contribution < -0.4 is 0 Å². The molecule has 0 aliphatic heterocycles. The van der Waals surface area contributed by atoms with E-state index < -0.39 is 11.7 Å². The van der Waals surface area contributed by atoms with Gasteiger partial charge < -0.3 is 14.4 Å². The van der Waals surface area contributed by atoms with Crippen molar-refractivity contribution in [2.75, 3.05) is 13.1 Å². The number of nitrogens with zero attached hydrogens (tertiary/aromatic N) is 3. The third-order valence-corrected chi connectivity index (χ3v) is 7.44. The Balaban J connectivity index is 1.40. The van der Waals surface area contributed by atoms with Crippen LogP contribution in [0.4, 0.5) is 13.2 Å². The number of benzene rings is 4. The van der Waals surface area contributed by atoms with Crippen LogP contribution in [-0.2, 0) is 30.6 Å². The van der Waals surface area contributed by atoms with E-state index in [2.05, 4.69) is 6.58 Å². The van der Waals surface area contributed by atoms with E-state index in [0.717, 1.165) is 34.2 Å². The molecule has 0 aliphatic carbocycles. The monoisotopic (exact) mass is 595 g/mol. The molecule has 2 amide bonds. The van der Waals surface area contributed by atoms with Gasteiger partial charge in [0.15, 0.2) is 0 Å². The van der Waals surface area contributed by atoms with Gasteiger partial charge in [-0.3, -0.25) is 9.59 Å². The van der Waals surface area contributed by atoms with Crippen molar-refractivity contribution in [3.63, 3.8) is 0 Å². The summed E-state index contributed by atoms with van der Waals surface area (Å²) in [5, 5.41) is 1.73. The third-order valence-electron chi connectivity index (χ3n) is 7.44. The van der Waals surface area contributed by atoms with Gasteiger partial charge in [-0.15, -0.1) is 6.58 Å². The minimum atomic E-state index is -4.44. The van der Waals surface area contributed by atoms with Crippen LogP contribution >= 0.6 is 0 Å². The summed E-state index contributed by atoms with van der Waals surface area (Å²) in [5.74, 6) is -0.543. The Bertz CT molecular complexity index is 1760. The van der Waals surface area contributed by atoms with Gasteiger partial charge in [-0.2, -0.15) is 13.2 Å². The van der Waals surface area contributed by atoms with Crippen LogP contribution in [0.25, 0.3) is 10.8 Å². The molecule has 0 unspecified atom stereocenters. The van der Waals surface area contributed by atoms with Crippen LogP contribution in [0.2, 0.25) is 0 Å². The lowest BCUT2D eigenvalue weighted by Gasteiger charge is -2.28. The van der Waals surface area contributed by atoms with E-state index in [-0.39, 0.29) is 38.0 Å². The first-order valence-electron chi connectivity index (χ1n) is 14.2. The Morgan fingerprint density at radius 3 is 2.25 bits per heavy atom. The first kappa shape index (κ1) is 30.4. The molecule has 1 heterocycles. The largest absolute Gasteiger partial charge is 0.416 e. The SMILES string of the molecule is C=CCN(CC(=O)N(Cc1ccccc1)Cc1cccn1Cc1cccc(C(F)(F)F)c1)C(=O)c1cccc2ccccc12. The normalized spacial score (nSPS) is 11.3. The second kappa shape index (κ2) is 13.5. The number of hydrogen-bond acceptors (Lipinski definition) is 2. The summed E-state index contributed by atoms with van der Waals surface area (Å²) in [6, 6.07) is 31.5. The van der Waals surface area contributed by atoms with E-state index >= 15 is 0 Å². The number of carbonyl (C=O) groups is 2. The van der Waals surface area contributed by atoms with Gasteiger partial charge in [0, 0.05) is 37.1 Å². The molecule has 4 aromatic carbocycles. The second-order valence-corrected chi connectivity index (χ2v) is 10.6. The molecule has 0 saturated heterocycles. The molecular formula is C36H32F3N3O2. The molecule has 5 rings (SSSR count). The highest BCUT2D eigenvalue weighted by Gasteiger charge is 2.30. The average molecular weight is 596 g/mol. The maximum Gasteiger partial charge on any atom is 0.416 e. The predicted octanol–water partition coefficient (Wildman–Crippen LogP) is 7.57. The summed E-state index contributed by atoms with van der Waals surface area (Å²) >= 11 is 0.